The Morgan fingerprint density at radius 1 is 1.11 bits per heavy atom. The molecule has 0 amide bonds. The summed E-state index contributed by atoms with van der Waals surface area (Å²) >= 11 is 12.8. The highest BCUT2D eigenvalue weighted by atomic mass is 35.5. The molecule has 0 spiro atoms. The topological polar surface area (TPSA) is 97.3 Å². The van der Waals surface area contributed by atoms with Crippen LogP contribution in [0.3, 0.4) is 0 Å². The number of aromatic amines is 1. The van der Waals surface area contributed by atoms with Crippen LogP contribution in [0.4, 0.5) is 10.1 Å². The number of hydrogen-bond acceptors (Lipinski definition) is 6. The minimum Gasteiger partial charge on any atom is -0.454 e. The molecule has 0 fully saturated rings. The van der Waals surface area contributed by atoms with E-state index in [1.54, 1.807) is 30.3 Å². The number of H-pyrrole nitrogens is 1. The van der Waals surface area contributed by atoms with Gasteiger partial charge in [0.05, 0.1) is 15.7 Å². The zero-order valence-electron chi connectivity index (χ0n) is 18.9. The SMILES string of the molecule is CN(CCc1cc(Oc2c(Cl)cc(-n3ncc(=O)[nH]c3=O)cc2Cl)ccc1C=O)c1cccc(F)c1. The lowest BCUT2D eigenvalue weighted by Crippen LogP contribution is -2.30. The quantitative estimate of drug-likeness (QED) is 0.334. The number of nitrogens with zero attached hydrogens (tertiary/aromatic N) is 3. The van der Waals surface area contributed by atoms with E-state index in [0.29, 0.717) is 30.0 Å². The monoisotopic (exact) mass is 528 g/mol. The number of ether oxygens (including phenoxy) is 1. The number of hydrogen-bond donors (Lipinski definition) is 1. The predicted molar refractivity (Wildman–Crippen MR) is 136 cm³/mol. The van der Waals surface area contributed by atoms with Gasteiger partial charge < -0.3 is 9.64 Å². The lowest BCUT2D eigenvalue weighted by Gasteiger charge is -2.20. The number of carbonyl (C=O) groups is 1. The Morgan fingerprint density at radius 2 is 1.86 bits per heavy atom. The summed E-state index contributed by atoms with van der Waals surface area (Å²) in [5, 5.41) is 3.98. The molecule has 1 N–H and O–H groups in total. The molecular weight excluding hydrogens is 510 g/mol. The first-order chi connectivity index (χ1) is 17.2. The Balaban J connectivity index is 1.57. The average Bonchev–Trinajstić information content (AvgIpc) is 2.84. The first kappa shape index (κ1) is 25.2. The fraction of sp³-hybridized carbons (Fsp3) is 0.120. The first-order valence-corrected chi connectivity index (χ1v) is 11.4. The van der Waals surface area contributed by atoms with Crippen LogP contribution in [0, 0.1) is 5.82 Å². The van der Waals surface area contributed by atoms with E-state index in [-0.39, 0.29) is 27.3 Å². The van der Waals surface area contributed by atoms with Gasteiger partial charge in [-0.3, -0.25) is 14.6 Å². The van der Waals surface area contributed by atoms with Crippen LogP contribution in [0.25, 0.3) is 5.69 Å². The molecule has 0 aliphatic heterocycles. The van der Waals surface area contributed by atoms with Crippen LogP contribution in [-0.4, -0.2) is 34.6 Å². The van der Waals surface area contributed by atoms with Gasteiger partial charge in [-0.15, -0.1) is 0 Å². The summed E-state index contributed by atoms with van der Waals surface area (Å²) in [5.74, 6) is 0.199. The van der Waals surface area contributed by atoms with Crippen molar-refractivity contribution in [2.75, 3.05) is 18.5 Å². The van der Waals surface area contributed by atoms with Crippen molar-refractivity contribution in [2.45, 2.75) is 6.42 Å². The molecule has 0 bridgehead atoms. The molecule has 0 saturated heterocycles. The molecule has 8 nitrogen and oxygen atoms in total. The second kappa shape index (κ2) is 10.8. The van der Waals surface area contributed by atoms with Gasteiger partial charge in [-0.05, 0) is 60.5 Å². The maximum absolute atomic E-state index is 13.5. The van der Waals surface area contributed by atoms with Gasteiger partial charge in [0.2, 0.25) is 0 Å². The second-order valence-corrected chi connectivity index (χ2v) is 8.64. The third kappa shape index (κ3) is 5.64. The summed E-state index contributed by atoms with van der Waals surface area (Å²) in [6.07, 6.45) is 2.19. The number of aromatic nitrogens is 3. The Morgan fingerprint density at radius 3 is 2.53 bits per heavy atom. The van der Waals surface area contributed by atoms with Gasteiger partial charge in [-0.25, -0.2) is 9.18 Å². The van der Waals surface area contributed by atoms with Gasteiger partial charge in [-0.1, -0.05) is 29.3 Å². The van der Waals surface area contributed by atoms with Crippen LogP contribution in [0.2, 0.25) is 10.0 Å². The number of anilines is 1. The van der Waals surface area contributed by atoms with E-state index >= 15 is 0 Å². The molecule has 184 valence electrons. The highest BCUT2D eigenvalue weighted by molar-refractivity contribution is 6.37. The zero-order chi connectivity index (χ0) is 25.8. The van der Waals surface area contributed by atoms with Crippen molar-refractivity contribution >= 4 is 35.2 Å². The molecule has 0 atom stereocenters. The van der Waals surface area contributed by atoms with Gasteiger partial charge in [0, 0.05) is 24.8 Å². The lowest BCUT2D eigenvalue weighted by atomic mass is 10.0. The number of benzene rings is 3. The van der Waals surface area contributed by atoms with Crippen LogP contribution in [0.15, 0.2) is 70.4 Å². The van der Waals surface area contributed by atoms with Gasteiger partial charge in [0.1, 0.15) is 24.0 Å². The Kier molecular flexibility index (Phi) is 7.52. The van der Waals surface area contributed by atoms with E-state index in [1.165, 1.54) is 24.3 Å². The highest BCUT2D eigenvalue weighted by Gasteiger charge is 2.15. The van der Waals surface area contributed by atoms with E-state index in [4.69, 9.17) is 27.9 Å². The largest absolute Gasteiger partial charge is 0.454 e. The predicted octanol–water partition coefficient (Wildman–Crippen LogP) is 4.65. The van der Waals surface area contributed by atoms with E-state index < -0.39 is 11.2 Å². The van der Waals surface area contributed by atoms with Gasteiger partial charge >= 0.3 is 5.69 Å². The third-order valence-electron chi connectivity index (χ3n) is 5.37. The van der Waals surface area contributed by atoms with Crippen LogP contribution < -0.4 is 20.9 Å². The molecule has 0 saturated carbocycles. The molecule has 1 aromatic heterocycles. The molecule has 11 heteroatoms. The fourth-order valence-corrected chi connectivity index (χ4v) is 4.08. The first-order valence-electron chi connectivity index (χ1n) is 10.7. The molecule has 4 aromatic rings. The fourth-order valence-electron chi connectivity index (χ4n) is 3.53. The number of likely N-dealkylation sites (N-methyl/N-ethyl adjacent to an activating group) is 1. The summed E-state index contributed by atoms with van der Waals surface area (Å²) < 4.78 is 20.4. The van der Waals surface area contributed by atoms with Gasteiger partial charge in [0.25, 0.3) is 5.56 Å². The number of carbonyl (C=O) groups excluding carboxylic acids is 1. The molecule has 4 rings (SSSR count). The molecular formula is C25H19Cl2FN4O4. The van der Waals surface area contributed by atoms with Gasteiger partial charge in [-0.2, -0.15) is 9.78 Å². The maximum atomic E-state index is 13.5. The molecule has 0 radical (unpaired) electrons. The second-order valence-electron chi connectivity index (χ2n) is 7.82. The minimum absolute atomic E-state index is 0.101. The van der Waals surface area contributed by atoms with Crippen LogP contribution >= 0.6 is 23.2 Å². The molecule has 0 unspecified atom stereocenters. The van der Waals surface area contributed by atoms with E-state index in [2.05, 4.69) is 10.1 Å². The summed E-state index contributed by atoms with van der Waals surface area (Å²) in [6, 6.07) is 14.0. The zero-order valence-corrected chi connectivity index (χ0v) is 20.4. The number of aldehydes is 1. The Hall–Kier alpha value is -3.95. The van der Waals surface area contributed by atoms with Crippen molar-refractivity contribution in [1.82, 2.24) is 14.8 Å². The van der Waals surface area contributed by atoms with Crippen molar-refractivity contribution in [2.24, 2.45) is 0 Å². The van der Waals surface area contributed by atoms with Gasteiger partial charge in [0.15, 0.2) is 5.75 Å². The summed E-state index contributed by atoms with van der Waals surface area (Å²) in [7, 11) is 1.83. The molecule has 36 heavy (non-hydrogen) atoms. The number of nitrogens with one attached hydrogen (secondary N) is 1. The van der Waals surface area contributed by atoms with Crippen molar-refractivity contribution in [3.63, 3.8) is 0 Å². The van der Waals surface area contributed by atoms with Crippen molar-refractivity contribution < 1.29 is 13.9 Å². The van der Waals surface area contributed by atoms with Crippen LogP contribution in [0.5, 0.6) is 11.5 Å². The van der Waals surface area contributed by atoms with E-state index in [1.807, 2.05) is 11.9 Å². The van der Waals surface area contributed by atoms with Crippen molar-refractivity contribution in [3.8, 4) is 17.2 Å². The summed E-state index contributed by atoms with van der Waals surface area (Å²) in [6.45, 7) is 0.519. The Bertz CT molecular complexity index is 1530. The van der Waals surface area contributed by atoms with E-state index in [9.17, 15) is 18.8 Å². The summed E-state index contributed by atoms with van der Waals surface area (Å²) in [5.41, 5.74) is 0.774. The lowest BCUT2D eigenvalue weighted by molar-refractivity contribution is 0.112. The normalized spacial score (nSPS) is 10.8. The van der Waals surface area contributed by atoms with E-state index in [0.717, 1.165) is 22.7 Å². The smallest absolute Gasteiger partial charge is 0.349 e. The summed E-state index contributed by atoms with van der Waals surface area (Å²) in [4.78, 5) is 38.9. The van der Waals surface area contributed by atoms with Crippen LogP contribution in [-0.2, 0) is 6.42 Å². The van der Waals surface area contributed by atoms with Crippen molar-refractivity contribution in [1.29, 1.82) is 0 Å². The Labute approximate surface area is 214 Å². The highest BCUT2D eigenvalue weighted by Crippen LogP contribution is 2.38. The minimum atomic E-state index is -0.749. The molecule has 1 heterocycles. The maximum Gasteiger partial charge on any atom is 0.349 e. The number of rotatable bonds is 8. The third-order valence-corrected chi connectivity index (χ3v) is 5.93. The molecule has 3 aromatic carbocycles. The van der Waals surface area contributed by atoms with Crippen LogP contribution in [0.1, 0.15) is 15.9 Å². The average molecular weight is 529 g/mol. The van der Waals surface area contributed by atoms with Crippen molar-refractivity contribution in [3.05, 3.63) is 109 Å². The number of halogens is 3. The molecule has 0 aliphatic rings. The standard InChI is InChI=1S/C25H19Cl2FN4O4/c1-31(18-4-2-3-17(28)10-18)8-7-15-9-20(6-5-16(15)14-33)36-24-21(26)11-19(12-22(24)27)32-25(35)30-23(34)13-29-32/h2-6,9-14H,7-8H2,1H3,(H,30,34,35). The molecule has 0 aliphatic carbocycles.